The maximum absolute atomic E-state index is 2.80. The molecule has 282 valence electrons. The van der Waals surface area contributed by atoms with Crippen molar-refractivity contribution in [3.63, 3.8) is 0 Å². The molecule has 0 nitrogen and oxygen atoms in total. The van der Waals surface area contributed by atoms with Gasteiger partial charge in [0, 0.05) is 0 Å². The van der Waals surface area contributed by atoms with E-state index < -0.39 is 8.07 Å². The van der Waals surface area contributed by atoms with Gasteiger partial charge in [-0.3, -0.25) is 0 Å². The van der Waals surface area contributed by atoms with Gasteiger partial charge in [0.05, 0.1) is 0 Å². The average Bonchev–Trinajstić information content (AvgIpc) is 3.55. The molecule has 0 atom stereocenters. The standard InChI is InChI=1S/C58H46Si/c1-59(2)57(53(47-35-19-7-20-36-47)51(43-27-11-3-12-28-43)44-29-13-4-14-30-44)55(49-39-23-9-24-40-49)56(50-41-25-10-26-42-50)58(59)54(48-37-21-8-22-38-48)52(45-31-15-5-16-32-45)46-33-17-6-18-34-46/h3-42H,1-2H3. The highest BCUT2D eigenvalue weighted by Gasteiger charge is 2.47. The Bertz CT molecular complexity index is 2520. The van der Waals surface area contributed by atoms with E-state index in [-0.39, 0.29) is 0 Å². The summed E-state index contributed by atoms with van der Waals surface area (Å²) in [7, 11) is -2.80. The van der Waals surface area contributed by atoms with E-state index in [2.05, 4.69) is 256 Å². The Balaban J connectivity index is 1.53. The van der Waals surface area contributed by atoms with E-state index in [1.165, 1.54) is 88.3 Å². The highest BCUT2D eigenvalue weighted by molar-refractivity contribution is 6.99. The molecule has 0 saturated carbocycles. The van der Waals surface area contributed by atoms with Gasteiger partial charge in [-0.15, -0.1) is 0 Å². The summed E-state index contributed by atoms with van der Waals surface area (Å²) in [5.41, 5.74) is 17.3. The second-order valence-corrected chi connectivity index (χ2v) is 19.8. The van der Waals surface area contributed by atoms with Crippen LogP contribution in [-0.2, 0) is 0 Å². The van der Waals surface area contributed by atoms with E-state index >= 15 is 0 Å². The number of benzene rings is 8. The molecule has 0 aromatic heterocycles. The molecule has 9 rings (SSSR count). The summed E-state index contributed by atoms with van der Waals surface area (Å²) in [6.45, 7) is 5.20. The van der Waals surface area contributed by atoms with E-state index in [1.54, 1.807) is 0 Å². The summed E-state index contributed by atoms with van der Waals surface area (Å²) in [4.78, 5) is 0. The Morgan fingerprint density at radius 2 is 0.424 bits per heavy atom. The Kier molecular flexibility index (Phi) is 10.7. The zero-order valence-electron chi connectivity index (χ0n) is 33.6. The molecular formula is C58H46Si. The highest BCUT2D eigenvalue weighted by atomic mass is 28.3. The Morgan fingerprint density at radius 3 is 0.644 bits per heavy atom. The summed E-state index contributed by atoms with van der Waals surface area (Å²) in [6.07, 6.45) is 0. The van der Waals surface area contributed by atoms with Gasteiger partial charge in [0.25, 0.3) is 0 Å². The first-order valence-electron chi connectivity index (χ1n) is 20.5. The van der Waals surface area contributed by atoms with Crippen LogP contribution in [0.5, 0.6) is 0 Å². The van der Waals surface area contributed by atoms with Crippen LogP contribution in [0.4, 0.5) is 0 Å². The molecule has 0 radical (unpaired) electrons. The maximum Gasteiger partial charge on any atom is 0.115 e. The molecule has 0 N–H and O–H groups in total. The molecule has 1 heteroatoms. The van der Waals surface area contributed by atoms with Crippen LogP contribution in [0, 0.1) is 0 Å². The second kappa shape index (κ2) is 16.8. The molecule has 0 unspecified atom stereocenters. The van der Waals surface area contributed by atoms with Crippen LogP contribution in [0.1, 0.15) is 44.5 Å². The SMILES string of the molecule is C[Si]1(C)C(C(=C(c2ccccc2)c2ccccc2)c2ccccc2)=C(c2ccccc2)C(c2ccccc2)=C1C(=C(c1ccccc1)c1ccccc1)c1ccccc1. The van der Waals surface area contributed by atoms with Gasteiger partial charge >= 0.3 is 0 Å². The average molecular weight is 771 g/mol. The zero-order valence-corrected chi connectivity index (χ0v) is 34.6. The van der Waals surface area contributed by atoms with Crippen LogP contribution in [0.2, 0.25) is 13.1 Å². The van der Waals surface area contributed by atoms with Gasteiger partial charge in [-0.05, 0) is 88.3 Å². The van der Waals surface area contributed by atoms with Gasteiger partial charge in [0.1, 0.15) is 8.07 Å². The van der Waals surface area contributed by atoms with Crippen molar-refractivity contribution in [2.45, 2.75) is 13.1 Å². The molecular weight excluding hydrogens is 725 g/mol. The van der Waals surface area contributed by atoms with Crippen LogP contribution in [0.15, 0.2) is 253 Å². The molecule has 1 heterocycles. The minimum atomic E-state index is -2.80. The van der Waals surface area contributed by atoms with Gasteiger partial charge in [-0.25, -0.2) is 0 Å². The van der Waals surface area contributed by atoms with Gasteiger partial charge in [-0.1, -0.05) is 256 Å². The molecule has 0 saturated heterocycles. The van der Waals surface area contributed by atoms with E-state index in [0.717, 1.165) is 0 Å². The van der Waals surface area contributed by atoms with E-state index in [4.69, 9.17) is 0 Å². The summed E-state index contributed by atoms with van der Waals surface area (Å²) >= 11 is 0. The Hall–Kier alpha value is -7.06. The molecule has 8 aromatic carbocycles. The second-order valence-electron chi connectivity index (χ2n) is 15.6. The normalized spacial score (nSPS) is 13.3. The molecule has 1 aliphatic rings. The number of hydrogen-bond acceptors (Lipinski definition) is 0. The molecule has 0 amide bonds. The lowest BCUT2D eigenvalue weighted by atomic mass is 9.82. The van der Waals surface area contributed by atoms with Crippen LogP contribution in [0.3, 0.4) is 0 Å². The third-order valence-corrected chi connectivity index (χ3v) is 15.0. The third kappa shape index (κ3) is 7.34. The fraction of sp³-hybridized carbons (Fsp3) is 0.0345. The lowest BCUT2D eigenvalue weighted by molar-refractivity contribution is 1.51. The fourth-order valence-corrected chi connectivity index (χ4v) is 12.9. The van der Waals surface area contributed by atoms with Crippen molar-refractivity contribution in [2.75, 3.05) is 0 Å². The molecule has 0 fully saturated rings. The largest absolute Gasteiger partial charge is 0.115 e. The van der Waals surface area contributed by atoms with Crippen LogP contribution >= 0.6 is 0 Å². The van der Waals surface area contributed by atoms with Crippen molar-refractivity contribution in [1.82, 2.24) is 0 Å². The summed E-state index contributed by atoms with van der Waals surface area (Å²) < 4.78 is 0. The first kappa shape index (κ1) is 37.5. The maximum atomic E-state index is 2.60. The van der Waals surface area contributed by atoms with Gasteiger partial charge in [0.15, 0.2) is 0 Å². The number of hydrogen-bond donors (Lipinski definition) is 0. The van der Waals surface area contributed by atoms with Gasteiger partial charge in [0.2, 0.25) is 0 Å². The van der Waals surface area contributed by atoms with Crippen molar-refractivity contribution in [1.29, 1.82) is 0 Å². The number of rotatable bonds is 10. The molecule has 1 aliphatic heterocycles. The Morgan fingerprint density at radius 1 is 0.237 bits per heavy atom. The zero-order chi connectivity index (χ0) is 40.0. The van der Waals surface area contributed by atoms with E-state index in [9.17, 15) is 0 Å². The predicted octanol–water partition coefficient (Wildman–Crippen LogP) is 15.0. The molecule has 0 aliphatic carbocycles. The minimum absolute atomic E-state index is 1.20. The van der Waals surface area contributed by atoms with Crippen LogP contribution in [-0.4, -0.2) is 8.07 Å². The third-order valence-electron chi connectivity index (χ3n) is 11.5. The van der Waals surface area contributed by atoms with Crippen molar-refractivity contribution >= 4 is 41.5 Å². The lowest BCUT2D eigenvalue weighted by Gasteiger charge is -2.32. The summed E-state index contributed by atoms with van der Waals surface area (Å²) in [5, 5.41) is 2.86. The minimum Gasteiger partial charge on any atom is -0.0622 e. The molecule has 8 aromatic rings. The van der Waals surface area contributed by atoms with Crippen LogP contribution < -0.4 is 0 Å². The van der Waals surface area contributed by atoms with E-state index in [0.29, 0.717) is 0 Å². The van der Waals surface area contributed by atoms with E-state index in [1.807, 2.05) is 0 Å². The first-order chi connectivity index (χ1) is 29.1. The smallest absolute Gasteiger partial charge is 0.0622 e. The lowest BCUT2D eigenvalue weighted by Crippen LogP contribution is -2.32. The fourth-order valence-electron chi connectivity index (χ4n) is 9.03. The Labute approximate surface area is 350 Å². The summed E-state index contributed by atoms with van der Waals surface area (Å²) in [5.74, 6) is 0. The topological polar surface area (TPSA) is 0 Å². The molecule has 0 spiro atoms. The first-order valence-corrected chi connectivity index (χ1v) is 23.5. The molecule has 0 bridgehead atoms. The monoisotopic (exact) mass is 770 g/mol. The van der Waals surface area contributed by atoms with Crippen molar-refractivity contribution in [3.8, 4) is 0 Å². The van der Waals surface area contributed by atoms with Crippen molar-refractivity contribution < 1.29 is 0 Å². The van der Waals surface area contributed by atoms with Crippen molar-refractivity contribution in [2.24, 2.45) is 0 Å². The molecule has 59 heavy (non-hydrogen) atoms. The number of allylic oxidation sites excluding steroid dienone is 6. The van der Waals surface area contributed by atoms with Crippen LogP contribution in [0.25, 0.3) is 33.4 Å². The predicted molar refractivity (Wildman–Crippen MR) is 255 cm³/mol. The highest BCUT2D eigenvalue weighted by Crippen LogP contribution is 2.59. The van der Waals surface area contributed by atoms with Crippen molar-refractivity contribution in [3.05, 3.63) is 298 Å². The summed E-state index contributed by atoms with van der Waals surface area (Å²) in [6, 6.07) is 88.8. The quantitative estimate of drug-likeness (QED) is 0.0960. The van der Waals surface area contributed by atoms with Gasteiger partial charge in [-0.2, -0.15) is 0 Å². The van der Waals surface area contributed by atoms with Gasteiger partial charge < -0.3 is 0 Å².